The number of benzene rings is 1. The highest BCUT2D eigenvalue weighted by molar-refractivity contribution is 6.01. The standard InChI is InChI=1S/C19H25N3O3/c1-14(13-24-2)21-10-4-5-18(23)17-11-20-22(19(17)21)12-15-6-8-16(25-3)9-7-15/h6-9,11,14H,4-5,10,12-13H2,1-3H3/t14-/m0/s1. The summed E-state index contributed by atoms with van der Waals surface area (Å²) in [7, 11) is 3.36. The lowest BCUT2D eigenvalue weighted by molar-refractivity contribution is 0.0983. The average molecular weight is 343 g/mol. The van der Waals surface area contributed by atoms with E-state index >= 15 is 0 Å². The molecule has 0 aliphatic carbocycles. The predicted molar refractivity (Wildman–Crippen MR) is 96.6 cm³/mol. The van der Waals surface area contributed by atoms with Crippen molar-refractivity contribution >= 4 is 11.6 Å². The van der Waals surface area contributed by atoms with Crippen LogP contribution in [0.5, 0.6) is 5.75 Å². The van der Waals surface area contributed by atoms with Crippen LogP contribution in [0.25, 0.3) is 0 Å². The summed E-state index contributed by atoms with van der Waals surface area (Å²) in [6.07, 6.45) is 3.13. The number of ketones is 1. The second-order valence-electron chi connectivity index (χ2n) is 6.41. The van der Waals surface area contributed by atoms with E-state index in [0.29, 0.717) is 25.1 Å². The minimum absolute atomic E-state index is 0.170. The third-order valence-corrected chi connectivity index (χ3v) is 4.62. The van der Waals surface area contributed by atoms with E-state index in [4.69, 9.17) is 9.47 Å². The van der Waals surface area contributed by atoms with Gasteiger partial charge in [-0.2, -0.15) is 5.10 Å². The molecule has 1 aromatic carbocycles. The van der Waals surface area contributed by atoms with Gasteiger partial charge in [-0.05, 0) is 31.0 Å². The Morgan fingerprint density at radius 2 is 2.00 bits per heavy atom. The van der Waals surface area contributed by atoms with E-state index in [2.05, 4.69) is 16.9 Å². The van der Waals surface area contributed by atoms with Crippen LogP contribution in [-0.2, 0) is 11.3 Å². The molecule has 1 atom stereocenters. The van der Waals surface area contributed by atoms with E-state index in [0.717, 1.165) is 30.1 Å². The minimum Gasteiger partial charge on any atom is -0.497 e. The Bertz CT molecular complexity index is 724. The molecule has 134 valence electrons. The SMILES string of the molecule is COC[C@H](C)N1CCCC(=O)c2cnn(Cc3ccc(OC)cc3)c21. The number of Topliss-reactive ketones (excluding diaryl/α,β-unsaturated/α-hetero) is 1. The normalized spacial score (nSPS) is 15.6. The van der Waals surface area contributed by atoms with Crippen molar-refractivity contribution in [2.45, 2.75) is 32.4 Å². The number of hydrogen-bond acceptors (Lipinski definition) is 5. The van der Waals surface area contributed by atoms with E-state index in [-0.39, 0.29) is 11.8 Å². The molecule has 6 nitrogen and oxygen atoms in total. The molecule has 0 amide bonds. The predicted octanol–water partition coefficient (Wildman–Crippen LogP) is 2.76. The van der Waals surface area contributed by atoms with Crippen LogP contribution in [0.15, 0.2) is 30.5 Å². The van der Waals surface area contributed by atoms with Gasteiger partial charge in [0.25, 0.3) is 0 Å². The number of rotatable bonds is 6. The van der Waals surface area contributed by atoms with Gasteiger partial charge in [-0.1, -0.05) is 12.1 Å². The van der Waals surface area contributed by atoms with Gasteiger partial charge in [0, 0.05) is 20.1 Å². The summed E-state index contributed by atoms with van der Waals surface area (Å²) >= 11 is 0. The van der Waals surface area contributed by atoms with Crippen LogP contribution in [-0.4, -0.2) is 49.0 Å². The van der Waals surface area contributed by atoms with E-state index < -0.39 is 0 Å². The fourth-order valence-corrected chi connectivity index (χ4v) is 3.31. The van der Waals surface area contributed by atoms with Gasteiger partial charge >= 0.3 is 0 Å². The van der Waals surface area contributed by atoms with Crippen molar-refractivity contribution in [1.29, 1.82) is 0 Å². The first-order chi connectivity index (χ1) is 12.1. The van der Waals surface area contributed by atoms with Crippen molar-refractivity contribution in [3.63, 3.8) is 0 Å². The van der Waals surface area contributed by atoms with Gasteiger partial charge in [-0.15, -0.1) is 0 Å². The minimum atomic E-state index is 0.170. The van der Waals surface area contributed by atoms with Crippen molar-refractivity contribution < 1.29 is 14.3 Å². The van der Waals surface area contributed by atoms with Crippen molar-refractivity contribution in [3.8, 4) is 5.75 Å². The zero-order valence-electron chi connectivity index (χ0n) is 15.1. The second kappa shape index (κ2) is 7.70. The average Bonchev–Trinajstić information content (AvgIpc) is 2.94. The van der Waals surface area contributed by atoms with Crippen LogP contribution < -0.4 is 9.64 Å². The van der Waals surface area contributed by atoms with Gasteiger partial charge in [0.15, 0.2) is 5.78 Å². The van der Waals surface area contributed by atoms with Crippen LogP contribution in [0, 0.1) is 0 Å². The molecule has 0 spiro atoms. The molecule has 0 fully saturated rings. The van der Waals surface area contributed by atoms with Crippen molar-refractivity contribution in [2.24, 2.45) is 0 Å². The number of ether oxygens (including phenoxy) is 2. The molecule has 2 heterocycles. The maximum Gasteiger partial charge on any atom is 0.168 e. The summed E-state index contributed by atoms with van der Waals surface area (Å²) in [6, 6.07) is 8.10. The Hall–Kier alpha value is -2.34. The first kappa shape index (κ1) is 17.5. The van der Waals surface area contributed by atoms with Gasteiger partial charge in [0.05, 0.1) is 38.1 Å². The molecule has 3 rings (SSSR count). The first-order valence-electron chi connectivity index (χ1n) is 8.61. The lowest BCUT2D eigenvalue weighted by Gasteiger charge is -2.30. The van der Waals surface area contributed by atoms with Gasteiger partial charge in [-0.3, -0.25) is 4.79 Å². The molecule has 1 aliphatic rings. The molecule has 1 aromatic heterocycles. The van der Waals surface area contributed by atoms with Gasteiger partial charge in [-0.25, -0.2) is 4.68 Å². The summed E-state index contributed by atoms with van der Waals surface area (Å²) in [5.41, 5.74) is 1.83. The zero-order chi connectivity index (χ0) is 17.8. The number of nitrogens with zero attached hydrogens (tertiary/aromatic N) is 3. The van der Waals surface area contributed by atoms with Crippen molar-refractivity contribution in [1.82, 2.24) is 9.78 Å². The quantitative estimate of drug-likeness (QED) is 0.807. The Morgan fingerprint density at radius 1 is 1.24 bits per heavy atom. The third kappa shape index (κ3) is 3.69. The maximum atomic E-state index is 12.5. The molecular formula is C19H25N3O3. The number of carbonyl (C=O) groups excluding carboxylic acids is 1. The van der Waals surface area contributed by atoms with Gasteiger partial charge < -0.3 is 14.4 Å². The van der Waals surface area contributed by atoms with Crippen LogP contribution >= 0.6 is 0 Å². The number of fused-ring (bicyclic) bond motifs is 1. The van der Waals surface area contributed by atoms with Gasteiger partial charge in [0.2, 0.25) is 0 Å². The molecule has 0 N–H and O–H groups in total. The summed E-state index contributed by atoms with van der Waals surface area (Å²) in [6.45, 7) is 4.18. The van der Waals surface area contributed by atoms with Gasteiger partial charge in [0.1, 0.15) is 11.6 Å². The highest BCUT2D eigenvalue weighted by Crippen LogP contribution is 2.29. The lowest BCUT2D eigenvalue weighted by atomic mass is 10.1. The van der Waals surface area contributed by atoms with E-state index in [9.17, 15) is 4.79 Å². The smallest absolute Gasteiger partial charge is 0.168 e. The third-order valence-electron chi connectivity index (χ3n) is 4.62. The molecule has 0 saturated carbocycles. The molecule has 25 heavy (non-hydrogen) atoms. The Kier molecular flexibility index (Phi) is 5.38. The largest absolute Gasteiger partial charge is 0.497 e. The fraction of sp³-hybridized carbons (Fsp3) is 0.474. The van der Waals surface area contributed by atoms with Crippen LogP contribution in [0.4, 0.5) is 5.82 Å². The molecule has 0 saturated heterocycles. The van der Waals surface area contributed by atoms with E-state index in [1.165, 1.54) is 0 Å². The Morgan fingerprint density at radius 3 is 2.68 bits per heavy atom. The van der Waals surface area contributed by atoms with Crippen LogP contribution in [0.1, 0.15) is 35.7 Å². The summed E-state index contributed by atoms with van der Waals surface area (Å²) in [5, 5.41) is 4.50. The monoisotopic (exact) mass is 343 g/mol. The maximum absolute atomic E-state index is 12.5. The molecule has 2 aromatic rings. The summed E-state index contributed by atoms with van der Waals surface area (Å²) in [4.78, 5) is 14.7. The highest BCUT2D eigenvalue weighted by Gasteiger charge is 2.28. The van der Waals surface area contributed by atoms with Crippen LogP contribution in [0.2, 0.25) is 0 Å². The number of anilines is 1. The molecule has 0 radical (unpaired) electrons. The number of aromatic nitrogens is 2. The molecule has 0 bridgehead atoms. The lowest BCUT2D eigenvalue weighted by Crippen LogP contribution is -2.38. The van der Waals surface area contributed by atoms with E-state index in [1.807, 2.05) is 28.9 Å². The summed E-state index contributed by atoms with van der Waals surface area (Å²) in [5.74, 6) is 1.90. The Labute approximate surface area is 148 Å². The zero-order valence-corrected chi connectivity index (χ0v) is 15.1. The number of carbonyl (C=O) groups is 1. The number of methoxy groups -OCH3 is 2. The first-order valence-corrected chi connectivity index (χ1v) is 8.61. The fourth-order valence-electron chi connectivity index (χ4n) is 3.31. The number of hydrogen-bond donors (Lipinski definition) is 0. The molecule has 1 aliphatic heterocycles. The second-order valence-corrected chi connectivity index (χ2v) is 6.41. The van der Waals surface area contributed by atoms with Crippen LogP contribution in [0.3, 0.4) is 0 Å². The van der Waals surface area contributed by atoms with Crippen molar-refractivity contribution in [3.05, 3.63) is 41.6 Å². The highest BCUT2D eigenvalue weighted by atomic mass is 16.5. The molecule has 6 heteroatoms. The Balaban J connectivity index is 1.93. The summed E-state index contributed by atoms with van der Waals surface area (Å²) < 4.78 is 12.5. The molecular weight excluding hydrogens is 318 g/mol. The molecule has 0 unspecified atom stereocenters. The van der Waals surface area contributed by atoms with E-state index in [1.54, 1.807) is 20.4 Å². The topological polar surface area (TPSA) is 56.6 Å². The van der Waals surface area contributed by atoms with Crippen molar-refractivity contribution in [2.75, 3.05) is 32.3 Å².